The van der Waals surface area contributed by atoms with Crippen LogP contribution in [0, 0.1) is 5.92 Å². The first-order valence-corrected chi connectivity index (χ1v) is 6.04. The van der Waals surface area contributed by atoms with E-state index in [0.717, 1.165) is 12.8 Å². The van der Waals surface area contributed by atoms with Gasteiger partial charge in [-0.1, -0.05) is 13.8 Å². The van der Waals surface area contributed by atoms with Crippen LogP contribution >= 0.6 is 11.8 Å². The summed E-state index contributed by atoms with van der Waals surface area (Å²) < 4.78 is 0. The van der Waals surface area contributed by atoms with Gasteiger partial charge in [-0.05, 0) is 19.3 Å². The van der Waals surface area contributed by atoms with Crippen molar-refractivity contribution in [3.05, 3.63) is 0 Å². The minimum absolute atomic E-state index is 0.426. The normalized spacial score (nSPS) is 39.1. The van der Waals surface area contributed by atoms with Crippen LogP contribution in [0.2, 0.25) is 0 Å². The van der Waals surface area contributed by atoms with Crippen molar-refractivity contribution in [2.24, 2.45) is 16.6 Å². The standard InChI is InChI=1S/C10H18N2S/c1-6(2)10-12-8-4-3-7(11)5-9(8)13-10/h6-9H,3-5,11H2,1-2H3. The Labute approximate surface area is 84.4 Å². The Morgan fingerprint density at radius 1 is 1.46 bits per heavy atom. The van der Waals surface area contributed by atoms with Crippen LogP contribution in [0.4, 0.5) is 0 Å². The molecule has 74 valence electrons. The molecule has 3 unspecified atom stereocenters. The zero-order chi connectivity index (χ0) is 9.42. The average molecular weight is 198 g/mol. The van der Waals surface area contributed by atoms with Crippen LogP contribution in [0.5, 0.6) is 0 Å². The SMILES string of the molecule is CC(C)C1=NC2CCC(N)CC2S1. The monoisotopic (exact) mass is 198 g/mol. The molecular weight excluding hydrogens is 180 g/mol. The van der Waals surface area contributed by atoms with Crippen LogP contribution in [0.15, 0.2) is 4.99 Å². The fourth-order valence-electron chi connectivity index (χ4n) is 2.05. The molecule has 1 fully saturated rings. The van der Waals surface area contributed by atoms with Crippen molar-refractivity contribution < 1.29 is 0 Å². The molecule has 2 nitrogen and oxygen atoms in total. The van der Waals surface area contributed by atoms with Gasteiger partial charge in [0.1, 0.15) is 0 Å². The number of aliphatic imine (C=N–C) groups is 1. The van der Waals surface area contributed by atoms with E-state index in [1.165, 1.54) is 11.5 Å². The first-order chi connectivity index (χ1) is 6.16. The molecule has 3 atom stereocenters. The summed E-state index contributed by atoms with van der Waals surface area (Å²) in [5, 5.41) is 2.05. The molecule has 0 radical (unpaired) electrons. The highest BCUT2D eigenvalue weighted by Gasteiger charge is 2.35. The molecule has 2 aliphatic rings. The lowest BCUT2D eigenvalue weighted by atomic mass is 9.92. The van der Waals surface area contributed by atoms with Gasteiger partial charge in [0.05, 0.1) is 11.1 Å². The second-order valence-electron chi connectivity index (χ2n) is 4.42. The zero-order valence-electron chi connectivity index (χ0n) is 8.36. The number of fused-ring (bicyclic) bond motifs is 1. The van der Waals surface area contributed by atoms with Crippen molar-refractivity contribution in [3.63, 3.8) is 0 Å². The number of rotatable bonds is 1. The van der Waals surface area contributed by atoms with Crippen molar-refractivity contribution >= 4 is 16.8 Å². The van der Waals surface area contributed by atoms with Crippen LogP contribution < -0.4 is 5.73 Å². The van der Waals surface area contributed by atoms with Crippen LogP contribution in [0.25, 0.3) is 0 Å². The molecule has 0 aromatic rings. The third-order valence-corrected chi connectivity index (χ3v) is 4.48. The summed E-state index contributed by atoms with van der Waals surface area (Å²) in [5.74, 6) is 0.604. The maximum absolute atomic E-state index is 5.95. The van der Waals surface area contributed by atoms with Gasteiger partial charge in [0, 0.05) is 17.2 Å². The molecule has 3 heteroatoms. The van der Waals surface area contributed by atoms with E-state index in [0.29, 0.717) is 23.3 Å². The maximum Gasteiger partial charge on any atom is 0.0708 e. The molecule has 13 heavy (non-hydrogen) atoms. The van der Waals surface area contributed by atoms with Gasteiger partial charge in [-0.25, -0.2) is 0 Å². The Morgan fingerprint density at radius 3 is 2.92 bits per heavy atom. The Hall–Kier alpha value is -0.0200. The summed E-state index contributed by atoms with van der Waals surface area (Å²) in [6.07, 6.45) is 3.53. The minimum Gasteiger partial charge on any atom is -0.328 e. The van der Waals surface area contributed by atoms with Gasteiger partial charge < -0.3 is 5.73 Å². The van der Waals surface area contributed by atoms with Gasteiger partial charge in [0.15, 0.2) is 0 Å². The topological polar surface area (TPSA) is 38.4 Å². The smallest absolute Gasteiger partial charge is 0.0708 e. The molecule has 0 bridgehead atoms. The fourth-order valence-corrected chi connectivity index (χ4v) is 3.53. The molecule has 1 saturated carbocycles. The van der Waals surface area contributed by atoms with Crippen molar-refractivity contribution in [1.29, 1.82) is 0 Å². The second kappa shape index (κ2) is 3.62. The van der Waals surface area contributed by atoms with Gasteiger partial charge in [-0.3, -0.25) is 4.99 Å². The van der Waals surface area contributed by atoms with E-state index in [1.807, 2.05) is 11.8 Å². The van der Waals surface area contributed by atoms with Crippen LogP contribution in [-0.4, -0.2) is 22.4 Å². The highest BCUT2D eigenvalue weighted by atomic mass is 32.2. The average Bonchev–Trinajstić information content (AvgIpc) is 2.46. The van der Waals surface area contributed by atoms with Crippen LogP contribution in [-0.2, 0) is 0 Å². The van der Waals surface area contributed by atoms with E-state index in [4.69, 9.17) is 10.7 Å². The quantitative estimate of drug-likeness (QED) is 0.700. The van der Waals surface area contributed by atoms with E-state index in [1.54, 1.807) is 0 Å². The van der Waals surface area contributed by atoms with Crippen LogP contribution in [0.1, 0.15) is 33.1 Å². The molecule has 1 aliphatic carbocycles. The summed E-state index contributed by atoms with van der Waals surface area (Å²) in [6.45, 7) is 4.45. The number of thioether (sulfide) groups is 1. The highest BCUT2D eigenvalue weighted by molar-refractivity contribution is 8.14. The van der Waals surface area contributed by atoms with Gasteiger partial charge in [-0.2, -0.15) is 0 Å². The van der Waals surface area contributed by atoms with E-state index < -0.39 is 0 Å². The summed E-state index contributed by atoms with van der Waals surface area (Å²) in [7, 11) is 0. The number of hydrogen-bond acceptors (Lipinski definition) is 3. The fraction of sp³-hybridized carbons (Fsp3) is 0.900. The second-order valence-corrected chi connectivity index (χ2v) is 5.68. The third kappa shape index (κ3) is 1.91. The molecule has 2 rings (SSSR count). The molecule has 2 N–H and O–H groups in total. The van der Waals surface area contributed by atoms with E-state index in [2.05, 4.69) is 13.8 Å². The molecule has 0 aromatic carbocycles. The predicted molar refractivity (Wildman–Crippen MR) is 59.3 cm³/mol. The lowest BCUT2D eigenvalue weighted by Crippen LogP contribution is -2.35. The van der Waals surface area contributed by atoms with E-state index in [9.17, 15) is 0 Å². The number of nitrogens with zero attached hydrogens (tertiary/aromatic N) is 1. The molecule has 0 saturated heterocycles. The molecule has 1 heterocycles. The van der Waals surface area contributed by atoms with Crippen molar-refractivity contribution in [2.75, 3.05) is 0 Å². The Morgan fingerprint density at radius 2 is 2.23 bits per heavy atom. The number of hydrogen-bond donors (Lipinski definition) is 1. The van der Waals surface area contributed by atoms with Crippen molar-refractivity contribution in [1.82, 2.24) is 0 Å². The molecule has 1 aliphatic heterocycles. The molecule has 0 amide bonds. The van der Waals surface area contributed by atoms with Crippen molar-refractivity contribution in [3.8, 4) is 0 Å². The van der Waals surface area contributed by atoms with E-state index >= 15 is 0 Å². The Kier molecular flexibility index (Phi) is 2.65. The molecule has 0 aromatic heterocycles. The number of nitrogens with two attached hydrogens (primary N) is 1. The first-order valence-electron chi connectivity index (χ1n) is 5.16. The van der Waals surface area contributed by atoms with Gasteiger partial charge in [0.25, 0.3) is 0 Å². The van der Waals surface area contributed by atoms with Gasteiger partial charge in [0.2, 0.25) is 0 Å². The summed E-state index contributed by atoms with van der Waals surface area (Å²) in [4.78, 5) is 4.77. The van der Waals surface area contributed by atoms with Crippen LogP contribution in [0.3, 0.4) is 0 Å². The summed E-state index contributed by atoms with van der Waals surface area (Å²) in [6, 6.07) is 1.01. The summed E-state index contributed by atoms with van der Waals surface area (Å²) >= 11 is 1.98. The van der Waals surface area contributed by atoms with Gasteiger partial charge >= 0.3 is 0 Å². The zero-order valence-corrected chi connectivity index (χ0v) is 9.18. The Balaban J connectivity index is 2.02. The molecule has 0 spiro atoms. The van der Waals surface area contributed by atoms with Gasteiger partial charge in [-0.15, -0.1) is 11.8 Å². The third-order valence-electron chi connectivity index (χ3n) is 2.86. The largest absolute Gasteiger partial charge is 0.328 e. The highest BCUT2D eigenvalue weighted by Crippen LogP contribution is 2.38. The molecular formula is C10H18N2S. The maximum atomic E-state index is 5.95. The lowest BCUT2D eigenvalue weighted by molar-refractivity contribution is 0.411. The summed E-state index contributed by atoms with van der Waals surface area (Å²) in [5.41, 5.74) is 5.95. The first kappa shape index (κ1) is 9.53. The van der Waals surface area contributed by atoms with Crippen molar-refractivity contribution in [2.45, 2.75) is 50.4 Å². The Bertz CT molecular complexity index is 225. The predicted octanol–water partition coefficient (Wildman–Crippen LogP) is 2.04. The van der Waals surface area contributed by atoms with E-state index in [-0.39, 0.29) is 0 Å². The minimum atomic E-state index is 0.426. The lowest BCUT2D eigenvalue weighted by Gasteiger charge is -2.27.